The van der Waals surface area contributed by atoms with Gasteiger partial charge in [-0.25, -0.2) is 0 Å². The molecule has 0 radical (unpaired) electrons. The van der Waals surface area contributed by atoms with Crippen molar-refractivity contribution in [2.45, 2.75) is 25.3 Å². The number of piperazine rings is 1. The van der Waals surface area contributed by atoms with Gasteiger partial charge in [-0.3, -0.25) is 9.69 Å². The molecule has 0 unspecified atom stereocenters. The number of rotatable bonds is 5. The van der Waals surface area contributed by atoms with E-state index in [4.69, 9.17) is 5.73 Å². The Labute approximate surface area is 174 Å². The number of nitrogens with zero attached hydrogens (tertiary/aromatic N) is 3. The maximum atomic E-state index is 12.8. The van der Waals surface area contributed by atoms with Gasteiger partial charge in [0.1, 0.15) is 0 Å². The van der Waals surface area contributed by atoms with Crippen molar-refractivity contribution in [2.24, 2.45) is 5.73 Å². The highest BCUT2D eigenvalue weighted by molar-refractivity contribution is 5.77. The molecule has 2 atom stereocenters. The van der Waals surface area contributed by atoms with Gasteiger partial charge in [0.15, 0.2) is 0 Å². The van der Waals surface area contributed by atoms with E-state index in [9.17, 15) is 4.79 Å². The quantitative estimate of drug-likeness (QED) is 0.849. The maximum Gasteiger partial charge on any atom is 0.223 e. The fourth-order valence-electron chi connectivity index (χ4n) is 4.55. The minimum Gasteiger partial charge on any atom is -0.369 e. The van der Waals surface area contributed by atoms with Gasteiger partial charge in [-0.15, -0.1) is 0 Å². The highest BCUT2D eigenvalue weighted by Gasteiger charge is 2.33. The Kier molecular flexibility index (Phi) is 6.16. The minimum absolute atomic E-state index is 0.0271. The normalized spacial score (nSPS) is 22.8. The zero-order valence-electron chi connectivity index (χ0n) is 17.3. The van der Waals surface area contributed by atoms with E-state index in [1.807, 2.05) is 23.1 Å². The molecule has 2 aromatic rings. The summed E-state index contributed by atoms with van der Waals surface area (Å²) in [4.78, 5) is 19.6. The van der Waals surface area contributed by atoms with Crippen molar-refractivity contribution in [1.29, 1.82) is 0 Å². The maximum absolute atomic E-state index is 12.8. The van der Waals surface area contributed by atoms with Crippen molar-refractivity contribution < 1.29 is 4.79 Å². The standard InChI is InChI=1S/C24H32N4O/c1-19-6-5-9-21(16-19)27-14-12-26(13-15-27)11-10-24(29)28-17-22(23(25)18-28)20-7-3-2-4-8-20/h2-9,16,22-23H,10-15,17-18,25H2,1H3/t22-,23+/m0/s1. The fourth-order valence-corrected chi connectivity index (χ4v) is 4.55. The molecule has 5 heteroatoms. The van der Waals surface area contributed by atoms with Crippen molar-refractivity contribution in [1.82, 2.24) is 9.80 Å². The lowest BCUT2D eigenvalue weighted by Gasteiger charge is -2.36. The van der Waals surface area contributed by atoms with Gasteiger partial charge < -0.3 is 15.5 Å². The van der Waals surface area contributed by atoms with Crippen molar-refractivity contribution in [3.8, 4) is 0 Å². The van der Waals surface area contributed by atoms with E-state index in [-0.39, 0.29) is 17.9 Å². The Morgan fingerprint density at radius 1 is 1.00 bits per heavy atom. The summed E-state index contributed by atoms with van der Waals surface area (Å²) in [5.41, 5.74) is 10.2. The number of carbonyl (C=O) groups is 1. The molecule has 2 saturated heterocycles. The number of benzene rings is 2. The summed E-state index contributed by atoms with van der Waals surface area (Å²) >= 11 is 0. The number of nitrogens with two attached hydrogens (primary N) is 1. The Hall–Kier alpha value is -2.37. The molecule has 0 aliphatic carbocycles. The van der Waals surface area contributed by atoms with Crippen LogP contribution in [0.3, 0.4) is 0 Å². The van der Waals surface area contributed by atoms with Crippen LogP contribution in [-0.2, 0) is 4.79 Å². The third-order valence-corrected chi connectivity index (χ3v) is 6.33. The molecule has 2 aliphatic rings. The lowest BCUT2D eigenvalue weighted by atomic mass is 9.95. The average Bonchev–Trinajstić information content (AvgIpc) is 3.15. The van der Waals surface area contributed by atoms with Crippen LogP contribution in [0.5, 0.6) is 0 Å². The average molecular weight is 393 g/mol. The van der Waals surface area contributed by atoms with Crippen molar-refractivity contribution >= 4 is 11.6 Å². The van der Waals surface area contributed by atoms with Crippen LogP contribution in [0.25, 0.3) is 0 Å². The van der Waals surface area contributed by atoms with Gasteiger partial charge in [0, 0.05) is 69.9 Å². The van der Waals surface area contributed by atoms with E-state index >= 15 is 0 Å². The monoisotopic (exact) mass is 392 g/mol. The third kappa shape index (κ3) is 4.80. The van der Waals surface area contributed by atoms with Crippen LogP contribution >= 0.6 is 0 Å². The second-order valence-corrected chi connectivity index (χ2v) is 8.40. The molecular weight excluding hydrogens is 360 g/mol. The second-order valence-electron chi connectivity index (χ2n) is 8.40. The third-order valence-electron chi connectivity index (χ3n) is 6.33. The van der Waals surface area contributed by atoms with Gasteiger partial charge >= 0.3 is 0 Å². The molecule has 0 aromatic heterocycles. The molecule has 2 N–H and O–H groups in total. The Morgan fingerprint density at radius 3 is 2.48 bits per heavy atom. The van der Waals surface area contributed by atoms with E-state index in [0.717, 1.165) is 39.3 Å². The van der Waals surface area contributed by atoms with Gasteiger partial charge in [-0.2, -0.15) is 0 Å². The largest absolute Gasteiger partial charge is 0.369 e. The van der Waals surface area contributed by atoms with Crippen LogP contribution < -0.4 is 10.6 Å². The fraction of sp³-hybridized carbons (Fsp3) is 0.458. The molecule has 2 aromatic carbocycles. The molecule has 5 nitrogen and oxygen atoms in total. The van der Waals surface area contributed by atoms with Crippen molar-refractivity contribution in [3.05, 3.63) is 65.7 Å². The summed E-state index contributed by atoms with van der Waals surface area (Å²) in [5, 5.41) is 0. The molecule has 2 aliphatic heterocycles. The predicted octanol–water partition coefficient (Wildman–Crippen LogP) is 2.46. The molecule has 1 amide bonds. The van der Waals surface area contributed by atoms with Gasteiger partial charge in [0.05, 0.1) is 0 Å². The van der Waals surface area contributed by atoms with Gasteiger partial charge in [0.2, 0.25) is 5.91 Å². The number of anilines is 1. The lowest BCUT2D eigenvalue weighted by Crippen LogP contribution is -2.47. The lowest BCUT2D eigenvalue weighted by molar-refractivity contribution is -0.130. The number of carbonyl (C=O) groups excluding carboxylic acids is 1. The first kappa shape index (κ1) is 19.9. The van der Waals surface area contributed by atoms with E-state index in [1.165, 1.54) is 16.8 Å². The Balaban J connectivity index is 1.23. The van der Waals surface area contributed by atoms with Crippen molar-refractivity contribution in [2.75, 3.05) is 50.7 Å². The summed E-state index contributed by atoms with van der Waals surface area (Å²) in [7, 11) is 0. The Bertz CT molecular complexity index is 817. The number of amides is 1. The van der Waals surface area contributed by atoms with Crippen LogP contribution in [0.4, 0.5) is 5.69 Å². The van der Waals surface area contributed by atoms with Crippen molar-refractivity contribution in [3.63, 3.8) is 0 Å². The number of aryl methyl sites for hydroxylation is 1. The zero-order chi connectivity index (χ0) is 20.2. The van der Waals surface area contributed by atoms with E-state index in [0.29, 0.717) is 13.0 Å². The molecule has 0 bridgehead atoms. The van der Waals surface area contributed by atoms with Gasteiger partial charge in [-0.1, -0.05) is 42.5 Å². The zero-order valence-corrected chi connectivity index (χ0v) is 17.3. The number of hydrogen-bond donors (Lipinski definition) is 1. The first-order chi connectivity index (χ1) is 14.1. The summed E-state index contributed by atoms with van der Waals surface area (Å²) in [5.74, 6) is 0.484. The van der Waals surface area contributed by atoms with Crippen LogP contribution in [0.2, 0.25) is 0 Å². The highest BCUT2D eigenvalue weighted by atomic mass is 16.2. The van der Waals surface area contributed by atoms with Crippen LogP contribution in [-0.4, -0.2) is 67.6 Å². The second kappa shape index (κ2) is 8.97. The van der Waals surface area contributed by atoms with Crippen LogP contribution in [0.15, 0.2) is 54.6 Å². The van der Waals surface area contributed by atoms with E-state index in [1.54, 1.807) is 0 Å². The summed E-state index contributed by atoms with van der Waals surface area (Å²) in [6, 6.07) is 19.1. The molecule has 2 heterocycles. The minimum atomic E-state index is 0.0271. The molecule has 0 spiro atoms. The van der Waals surface area contributed by atoms with Gasteiger partial charge in [0.25, 0.3) is 0 Å². The number of likely N-dealkylation sites (tertiary alicyclic amines) is 1. The van der Waals surface area contributed by atoms with E-state index < -0.39 is 0 Å². The molecule has 4 rings (SSSR count). The smallest absolute Gasteiger partial charge is 0.223 e. The topological polar surface area (TPSA) is 52.8 Å². The summed E-state index contributed by atoms with van der Waals surface area (Å²) in [6.45, 7) is 8.43. The molecule has 154 valence electrons. The first-order valence-electron chi connectivity index (χ1n) is 10.7. The Morgan fingerprint density at radius 2 is 1.76 bits per heavy atom. The molecule has 29 heavy (non-hydrogen) atoms. The first-order valence-corrected chi connectivity index (χ1v) is 10.7. The molecule has 2 fully saturated rings. The van der Waals surface area contributed by atoms with Crippen LogP contribution in [0, 0.1) is 6.92 Å². The van der Waals surface area contributed by atoms with E-state index in [2.05, 4.69) is 53.1 Å². The van der Waals surface area contributed by atoms with Gasteiger partial charge in [-0.05, 0) is 30.2 Å². The SMILES string of the molecule is Cc1cccc(N2CCN(CCC(=O)N3C[C@@H](N)[C@H](c4ccccc4)C3)CC2)c1. The predicted molar refractivity (Wildman–Crippen MR) is 118 cm³/mol. The molecule has 0 saturated carbocycles. The van der Waals surface area contributed by atoms with Crippen LogP contribution in [0.1, 0.15) is 23.5 Å². The highest BCUT2D eigenvalue weighted by Crippen LogP contribution is 2.26. The summed E-state index contributed by atoms with van der Waals surface area (Å²) in [6.07, 6.45) is 0.582. The molecular formula is C24H32N4O. The number of hydrogen-bond acceptors (Lipinski definition) is 4. The summed E-state index contributed by atoms with van der Waals surface area (Å²) < 4.78 is 0.